The van der Waals surface area contributed by atoms with Crippen molar-refractivity contribution in [3.63, 3.8) is 0 Å². The third-order valence-corrected chi connectivity index (χ3v) is 12.2. The molecule has 3 aromatic rings. The number of rotatable bonds is 6. The fourth-order valence-corrected chi connectivity index (χ4v) is 13.0. The van der Waals surface area contributed by atoms with E-state index in [9.17, 15) is 0 Å². The molecule has 0 saturated heterocycles. The van der Waals surface area contributed by atoms with Crippen LogP contribution in [0, 0.1) is 0 Å². The van der Waals surface area contributed by atoms with E-state index in [0.717, 1.165) is 0 Å². The van der Waals surface area contributed by atoms with E-state index in [1.807, 2.05) is 0 Å². The van der Waals surface area contributed by atoms with Gasteiger partial charge in [0.05, 0.1) is 0 Å². The molecule has 0 bridgehead atoms. The van der Waals surface area contributed by atoms with E-state index >= 15 is 0 Å². The van der Waals surface area contributed by atoms with Crippen LogP contribution in [-0.2, 0) is 26.4 Å². The van der Waals surface area contributed by atoms with Crippen LogP contribution in [0.2, 0.25) is 0 Å². The zero-order chi connectivity index (χ0) is 18.7. The summed E-state index contributed by atoms with van der Waals surface area (Å²) in [6.45, 7) is 4.88. The van der Waals surface area contributed by atoms with Crippen LogP contribution in [0.5, 0.6) is 0 Å². The summed E-state index contributed by atoms with van der Waals surface area (Å²) in [4.78, 5) is 0. The monoisotopic (exact) mass is 551 g/mol. The zero-order valence-corrected chi connectivity index (χ0v) is 22.7. The van der Waals surface area contributed by atoms with Gasteiger partial charge < -0.3 is 37.2 Å². The fourth-order valence-electron chi connectivity index (χ4n) is 4.12. The second-order valence-corrected chi connectivity index (χ2v) is 14.3. The predicted octanol–water partition coefficient (Wildman–Crippen LogP) is -2.47. The molecule has 1 aliphatic rings. The summed E-state index contributed by atoms with van der Waals surface area (Å²) < 4.78 is 0.855. The summed E-state index contributed by atoms with van der Waals surface area (Å²) in [7, 11) is -0.00474. The largest absolute Gasteiger partial charge is 1.00 e. The molecular formula is C25H25Cl3PZr. The Morgan fingerprint density at radius 1 is 0.733 bits per heavy atom. The van der Waals surface area contributed by atoms with Crippen LogP contribution in [0.3, 0.4) is 0 Å². The number of fused-ring (bicyclic) bond motifs is 1. The molecule has 0 aliphatic heterocycles. The summed E-state index contributed by atoms with van der Waals surface area (Å²) in [6.07, 6.45) is 6.13. The third-order valence-electron chi connectivity index (χ3n) is 5.29. The SMILES string of the molecule is CP(C)C[C]([Zr+3][CH]1C=Cc2ccccc21)(c1ccccc1)c1ccccc1.[Cl-].[Cl-].[Cl-]. The summed E-state index contributed by atoms with van der Waals surface area (Å²) >= 11 is -0.892. The molecule has 0 N–H and O–H groups in total. The number of allylic oxidation sites excluding steroid dienone is 1. The van der Waals surface area contributed by atoms with Gasteiger partial charge in [-0.25, -0.2) is 0 Å². The minimum atomic E-state index is -0.892. The van der Waals surface area contributed by atoms with Crippen molar-refractivity contribution in [2.75, 3.05) is 19.5 Å². The minimum Gasteiger partial charge on any atom is -1.00 e. The maximum absolute atomic E-state index is 2.49. The summed E-state index contributed by atoms with van der Waals surface area (Å²) in [6, 6.07) is 31.7. The Kier molecular flexibility index (Phi) is 11.6. The van der Waals surface area contributed by atoms with Crippen LogP contribution < -0.4 is 37.2 Å². The Labute approximate surface area is 212 Å². The quantitative estimate of drug-likeness (QED) is 0.297. The van der Waals surface area contributed by atoms with Crippen molar-refractivity contribution in [3.05, 3.63) is 113 Å². The molecule has 0 amide bonds. The smallest absolute Gasteiger partial charge is 1.00 e. The van der Waals surface area contributed by atoms with Gasteiger partial charge in [0.2, 0.25) is 0 Å². The molecule has 1 aliphatic carbocycles. The van der Waals surface area contributed by atoms with Gasteiger partial charge in [-0.2, -0.15) is 0 Å². The first kappa shape index (κ1) is 27.6. The summed E-state index contributed by atoms with van der Waals surface area (Å²) in [5, 5.41) is 0. The van der Waals surface area contributed by atoms with Crippen molar-refractivity contribution < 1.29 is 60.5 Å². The van der Waals surface area contributed by atoms with Gasteiger partial charge in [-0.3, -0.25) is 0 Å². The van der Waals surface area contributed by atoms with Crippen molar-refractivity contribution in [2.24, 2.45) is 0 Å². The van der Waals surface area contributed by atoms with Crippen molar-refractivity contribution in [3.8, 4) is 0 Å². The average Bonchev–Trinajstić information content (AvgIpc) is 3.11. The molecule has 0 spiro atoms. The van der Waals surface area contributed by atoms with Gasteiger partial charge in [-0.1, -0.05) is 0 Å². The van der Waals surface area contributed by atoms with Gasteiger partial charge in [-0.15, -0.1) is 0 Å². The van der Waals surface area contributed by atoms with E-state index in [2.05, 4.69) is 110 Å². The Morgan fingerprint density at radius 3 is 1.77 bits per heavy atom. The molecule has 1 unspecified atom stereocenters. The average molecular weight is 554 g/mol. The normalized spacial score (nSPS) is 14.0. The van der Waals surface area contributed by atoms with Gasteiger partial charge in [0, 0.05) is 0 Å². The Morgan fingerprint density at radius 2 is 1.23 bits per heavy atom. The maximum atomic E-state index is 2.49. The molecule has 4 rings (SSSR count). The Bertz CT molecular complexity index is 890. The van der Waals surface area contributed by atoms with Crippen LogP contribution in [0.1, 0.15) is 25.9 Å². The first-order chi connectivity index (χ1) is 13.2. The maximum Gasteiger partial charge on any atom is -1.00 e. The molecule has 0 aromatic heterocycles. The van der Waals surface area contributed by atoms with E-state index in [4.69, 9.17) is 0 Å². The van der Waals surface area contributed by atoms with Crippen molar-refractivity contribution in [1.82, 2.24) is 0 Å². The number of hydrogen-bond donors (Lipinski definition) is 0. The number of hydrogen-bond acceptors (Lipinski definition) is 0. The van der Waals surface area contributed by atoms with Crippen molar-refractivity contribution in [1.29, 1.82) is 0 Å². The minimum absolute atomic E-state index is 0. The van der Waals surface area contributed by atoms with E-state index in [1.54, 1.807) is 5.56 Å². The molecule has 0 radical (unpaired) electrons. The first-order valence-electron chi connectivity index (χ1n) is 9.50. The Hall–Kier alpha value is -0.417. The van der Waals surface area contributed by atoms with E-state index in [-0.39, 0.29) is 48.3 Å². The summed E-state index contributed by atoms with van der Waals surface area (Å²) in [5.41, 5.74) is 6.03. The molecule has 155 valence electrons. The first-order valence-corrected chi connectivity index (χ1v) is 14.6. The van der Waals surface area contributed by atoms with Gasteiger partial charge in [0.15, 0.2) is 0 Å². The number of halogens is 3. The van der Waals surface area contributed by atoms with Crippen LogP contribution in [0.15, 0.2) is 91.0 Å². The molecule has 0 nitrogen and oxygen atoms in total. The van der Waals surface area contributed by atoms with Gasteiger partial charge in [-0.05, 0) is 0 Å². The summed E-state index contributed by atoms with van der Waals surface area (Å²) in [5.74, 6) is 0. The number of benzene rings is 3. The molecule has 3 aromatic carbocycles. The Balaban J connectivity index is 0.00000150. The molecule has 0 fully saturated rings. The molecular weight excluding hydrogens is 529 g/mol. The van der Waals surface area contributed by atoms with Gasteiger partial charge >= 0.3 is 177 Å². The fraction of sp³-hybridized carbons (Fsp3) is 0.200. The van der Waals surface area contributed by atoms with E-state index < -0.39 is 23.2 Å². The van der Waals surface area contributed by atoms with Crippen LogP contribution >= 0.6 is 7.92 Å². The molecule has 1 atom stereocenters. The van der Waals surface area contributed by atoms with E-state index in [1.165, 1.54) is 22.9 Å². The van der Waals surface area contributed by atoms with Crippen LogP contribution in [-0.4, -0.2) is 19.5 Å². The predicted molar refractivity (Wildman–Crippen MR) is 116 cm³/mol. The van der Waals surface area contributed by atoms with Gasteiger partial charge in [0.25, 0.3) is 0 Å². The molecule has 5 heteroatoms. The molecule has 0 heterocycles. The topological polar surface area (TPSA) is 0 Å². The molecule has 30 heavy (non-hydrogen) atoms. The second kappa shape index (κ2) is 12.6. The van der Waals surface area contributed by atoms with Crippen molar-refractivity contribution in [2.45, 2.75) is 6.75 Å². The standard InChI is InChI=1S/C16H18P.C9H7.3ClH.Zr/c1-17(2)13-16(14-9-5-3-6-10-14)15-11-7-4-8-12-15;1-2-5-9-7-3-6-8(9)4-1;;;;/h3-12H,13H2,1-2H3;1-7H;3*1H;/q;;;;;+3/p-3. The van der Waals surface area contributed by atoms with Crippen LogP contribution in [0.25, 0.3) is 6.08 Å². The van der Waals surface area contributed by atoms with E-state index in [0.29, 0.717) is 3.63 Å². The second-order valence-electron chi connectivity index (χ2n) is 7.49. The van der Waals surface area contributed by atoms with Crippen molar-refractivity contribution >= 4 is 14.0 Å². The molecule has 0 saturated carbocycles. The van der Waals surface area contributed by atoms with Gasteiger partial charge in [0.1, 0.15) is 0 Å². The third kappa shape index (κ3) is 5.88. The zero-order valence-electron chi connectivity index (χ0n) is 17.1. The van der Waals surface area contributed by atoms with Crippen LogP contribution in [0.4, 0.5) is 0 Å².